The lowest BCUT2D eigenvalue weighted by atomic mass is 10.3. The van der Waals surface area contributed by atoms with Crippen LogP contribution in [0.1, 0.15) is 19.2 Å². The van der Waals surface area contributed by atoms with Crippen LogP contribution in [0.2, 0.25) is 5.02 Å². The van der Waals surface area contributed by atoms with E-state index in [2.05, 4.69) is 15.5 Å². The fraction of sp³-hybridized carbons (Fsp3) is 0.316. The molecule has 0 unspecified atom stereocenters. The molecular formula is C19H21ClN4O4S2. The summed E-state index contributed by atoms with van der Waals surface area (Å²) in [5.41, 5.74) is 0.249. The van der Waals surface area contributed by atoms with E-state index < -0.39 is 9.84 Å². The first-order valence-electron chi connectivity index (χ1n) is 9.14. The van der Waals surface area contributed by atoms with Crippen molar-refractivity contribution in [2.75, 3.05) is 24.7 Å². The van der Waals surface area contributed by atoms with Gasteiger partial charge in [-0.05, 0) is 42.6 Å². The minimum absolute atomic E-state index is 0.0595. The number of nitrogens with zero attached hydrogens (tertiary/aromatic N) is 3. The Morgan fingerprint density at radius 1 is 1.30 bits per heavy atom. The fourth-order valence-corrected chi connectivity index (χ4v) is 4.22. The molecule has 0 saturated carbocycles. The number of nitrogens with one attached hydrogen (secondary N) is 1. The zero-order valence-electron chi connectivity index (χ0n) is 16.5. The largest absolute Gasteiger partial charge is 0.419 e. The van der Waals surface area contributed by atoms with E-state index in [-0.39, 0.29) is 28.1 Å². The highest BCUT2D eigenvalue weighted by Gasteiger charge is 2.17. The summed E-state index contributed by atoms with van der Waals surface area (Å²) in [5, 5.41) is 13.0. The Labute approximate surface area is 183 Å². The summed E-state index contributed by atoms with van der Waals surface area (Å²) in [4.78, 5) is 15.4. The molecule has 0 fully saturated rings. The van der Waals surface area contributed by atoms with Crippen LogP contribution in [0.5, 0.6) is 0 Å². The van der Waals surface area contributed by atoms with Gasteiger partial charge >= 0.3 is 0 Å². The Kier molecular flexibility index (Phi) is 7.24. The van der Waals surface area contributed by atoms with Gasteiger partial charge < -0.3 is 9.73 Å². The summed E-state index contributed by atoms with van der Waals surface area (Å²) in [6.45, 7) is 3.02. The molecule has 30 heavy (non-hydrogen) atoms. The van der Waals surface area contributed by atoms with Crippen LogP contribution in [0.4, 0.5) is 5.69 Å². The molecule has 8 nitrogen and oxygen atoms in total. The van der Waals surface area contributed by atoms with Crippen LogP contribution >= 0.6 is 22.9 Å². The Morgan fingerprint density at radius 2 is 2.10 bits per heavy atom. The predicted molar refractivity (Wildman–Crippen MR) is 116 cm³/mol. The van der Waals surface area contributed by atoms with Crippen LogP contribution in [-0.2, 0) is 21.2 Å². The van der Waals surface area contributed by atoms with Crippen LogP contribution in [0, 0.1) is 0 Å². The lowest BCUT2D eigenvalue weighted by Gasteiger charge is -2.19. The Bertz CT molecular complexity index is 1110. The van der Waals surface area contributed by atoms with Crippen molar-refractivity contribution in [3.05, 3.63) is 46.6 Å². The second kappa shape index (κ2) is 9.69. The maximum Gasteiger partial charge on any atom is 0.257 e. The topological polar surface area (TPSA) is 105 Å². The maximum atomic E-state index is 12.6. The first-order chi connectivity index (χ1) is 14.3. The lowest BCUT2D eigenvalue weighted by Crippen LogP contribution is -2.33. The number of hydrogen-bond donors (Lipinski definition) is 1. The van der Waals surface area contributed by atoms with E-state index in [1.165, 1.54) is 29.5 Å². The van der Waals surface area contributed by atoms with E-state index in [9.17, 15) is 13.2 Å². The first kappa shape index (κ1) is 22.4. The molecule has 0 aliphatic carbocycles. The van der Waals surface area contributed by atoms with Crippen molar-refractivity contribution in [1.29, 1.82) is 0 Å². The predicted octanol–water partition coefficient (Wildman–Crippen LogP) is 3.71. The summed E-state index contributed by atoms with van der Waals surface area (Å²) < 4.78 is 29.2. The van der Waals surface area contributed by atoms with Gasteiger partial charge in [-0.2, -0.15) is 0 Å². The smallest absolute Gasteiger partial charge is 0.257 e. The van der Waals surface area contributed by atoms with Gasteiger partial charge in [-0.3, -0.25) is 9.69 Å². The Balaban J connectivity index is 1.67. The van der Waals surface area contributed by atoms with Gasteiger partial charge in [0.05, 0.1) is 33.6 Å². The van der Waals surface area contributed by atoms with Crippen LogP contribution in [0.15, 0.2) is 45.0 Å². The van der Waals surface area contributed by atoms with Gasteiger partial charge in [-0.1, -0.05) is 24.6 Å². The molecule has 1 N–H and O–H groups in total. The van der Waals surface area contributed by atoms with Crippen LogP contribution in [-0.4, -0.2) is 48.8 Å². The molecule has 0 radical (unpaired) electrons. The van der Waals surface area contributed by atoms with E-state index in [0.717, 1.165) is 17.6 Å². The minimum atomic E-state index is -3.41. The molecule has 11 heteroatoms. The maximum absolute atomic E-state index is 12.6. The van der Waals surface area contributed by atoms with E-state index >= 15 is 0 Å². The molecular weight excluding hydrogens is 448 g/mol. The number of sulfone groups is 1. The van der Waals surface area contributed by atoms with Crippen molar-refractivity contribution >= 4 is 44.4 Å². The molecule has 3 aromatic rings. The zero-order valence-corrected chi connectivity index (χ0v) is 18.9. The van der Waals surface area contributed by atoms with Crippen molar-refractivity contribution in [2.24, 2.45) is 0 Å². The first-order valence-corrected chi connectivity index (χ1v) is 12.3. The molecule has 2 aromatic heterocycles. The molecule has 0 atom stereocenters. The average molecular weight is 469 g/mol. The Hall–Kier alpha value is -2.27. The van der Waals surface area contributed by atoms with Gasteiger partial charge in [0.15, 0.2) is 9.84 Å². The third-order valence-corrected chi connectivity index (χ3v) is 6.40. The van der Waals surface area contributed by atoms with E-state index in [4.69, 9.17) is 16.0 Å². The molecule has 0 spiro atoms. The van der Waals surface area contributed by atoms with Crippen molar-refractivity contribution in [1.82, 2.24) is 15.1 Å². The molecule has 0 saturated heterocycles. The number of aromatic nitrogens is 2. The molecule has 0 bridgehead atoms. The van der Waals surface area contributed by atoms with Crippen molar-refractivity contribution in [3.8, 4) is 10.8 Å². The fourth-order valence-electron chi connectivity index (χ4n) is 2.76. The number of rotatable bonds is 9. The monoisotopic (exact) mass is 468 g/mol. The lowest BCUT2D eigenvalue weighted by molar-refractivity contribution is -0.117. The molecule has 3 rings (SSSR count). The van der Waals surface area contributed by atoms with Gasteiger partial charge in [0.2, 0.25) is 11.8 Å². The highest BCUT2D eigenvalue weighted by atomic mass is 35.5. The third kappa shape index (κ3) is 5.88. The third-order valence-electron chi connectivity index (χ3n) is 4.10. The average Bonchev–Trinajstić information content (AvgIpc) is 3.34. The van der Waals surface area contributed by atoms with Crippen LogP contribution in [0.25, 0.3) is 10.8 Å². The van der Waals surface area contributed by atoms with Gasteiger partial charge in [-0.15, -0.1) is 21.5 Å². The van der Waals surface area contributed by atoms with Crippen molar-refractivity contribution < 1.29 is 17.6 Å². The molecule has 0 aliphatic rings. The summed E-state index contributed by atoms with van der Waals surface area (Å²) in [6.07, 6.45) is 1.92. The number of anilines is 1. The quantitative estimate of drug-likeness (QED) is 0.510. The molecule has 1 amide bonds. The van der Waals surface area contributed by atoms with Gasteiger partial charge in [0.25, 0.3) is 5.89 Å². The highest BCUT2D eigenvalue weighted by molar-refractivity contribution is 7.90. The number of thiophene rings is 1. The molecule has 0 aliphatic heterocycles. The second-order valence-electron chi connectivity index (χ2n) is 6.65. The molecule has 1 aromatic carbocycles. The molecule has 2 heterocycles. The zero-order chi connectivity index (χ0) is 21.7. The number of benzene rings is 1. The number of hydrogen-bond acceptors (Lipinski definition) is 8. The minimum Gasteiger partial charge on any atom is -0.419 e. The van der Waals surface area contributed by atoms with Gasteiger partial charge in [-0.25, -0.2) is 8.42 Å². The summed E-state index contributed by atoms with van der Waals surface area (Å²) in [6, 6.07) is 8.00. The summed E-state index contributed by atoms with van der Waals surface area (Å²) >= 11 is 7.62. The highest BCUT2D eigenvalue weighted by Crippen LogP contribution is 2.26. The number of amides is 1. The molecule has 160 valence electrons. The van der Waals surface area contributed by atoms with E-state index in [0.29, 0.717) is 24.9 Å². The number of carbonyl (C=O) groups excluding carboxylic acids is 1. The summed E-state index contributed by atoms with van der Waals surface area (Å²) in [7, 11) is -3.41. The van der Waals surface area contributed by atoms with E-state index in [1.54, 1.807) is 0 Å². The van der Waals surface area contributed by atoms with Gasteiger partial charge in [0.1, 0.15) is 0 Å². The van der Waals surface area contributed by atoms with Crippen molar-refractivity contribution in [3.63, 3.8) is 0 Å². The normalized spacial score (nSPS) is 11.7. The second-order valence-corrected chi connectivity index (χ2v) is 10.0. The standard InChI is InChI=1S/C19H21ClN4O4S2/c1-3-8-24(12-18-22-23-19(28-18)16-5-4-9-29-16)11-17(25)21-15-10-13(30(2,26)27)6-7-14(15)20/h4-7,9-10H,3,8,11-12H2,1-2H3,(H,21,25). The van der Waals surface area contributed by atoms with Gasteiger partial charge in [0, 0.05) is 6.26 Å². The Morgan fingerprint density at radius 3 is 2.77 bits per heavy atom. The van der Waals surface area contributed by atoms with Crippen LogP contribution in [0.3, 0.4) is 0 Å². The van der Waals surface area contributed by atoms with Crippen molar-refractivity contribution in [2.45, 2.75) is 24.8 Å². The number of halogens is 1. The number of carbonyl (C=O) groups is 1. The van der Waals surface area contributed by atoms with Crippen LogP contribution < -0.4 is 5.32 Å². The van der Waals surface area contributed by atoms with E-state index in [1.807, 2.05) is 29.3 Å². The SMILES string of the molecule is CCCN(CC(=O)Nc1cc(S(C)(=O)=O)ccc1Cl)Cc1nnc(-c2cccs2)o1. The summed E-state index contributed by atoms with van der Waals surface area (Å²) in [5.74, 6) is 0.538.